The number of halogens is 3. The standard InChI is InChI=1S/C14H15Cl2FN2O2/c1-9-2-3-10(8-11(9)17)12(13(15)16)18-14(20)19-4-6-21-7-5-19/h2-3,8,13H,4-7H2,1H3/b18-12-. The molecule has 1 heterocycles. The van der Waals surface area contributed by atoms with Crippen LogP contribution in [0.2, 0.25) is 0 Å². The number of hydrogen-bond donors (Lipinski definition) is 0. The summed E-state index contributed by atoms with van der Waals surface area (Å²) in [6, 6.07) is 4.07. The number of amides is 2. The molecule has 0 spiro atoms. The predicted octanol–water partition coefficient (Wildman–Crippen LogP) is 3.18. The largest absolute Gasteiger partial charge is 0.378 e. The molecular weight excluding hydrogens is 318 g/mol. The summed E-state index contributed by atoms with van der Waals surface area (Å²) in [5.74, 6) is -0.395. The van der Waals surface area contributed by atoms with E-state index in [0.717, 1.165) is 0 Å². The van der Waals surface area contributed by atoms with Gasteiger partial charge in [-0.25, -0.2) is 9.18 Å². The minimum Gasteiger partial charge on any atom is -0.378 e. The van der Waals surface area contributed by atoms with Gasteiger partial charge in [0.15, 0.2) is 0 Å². The number of aliphatic imine (C=N–C) groups is 1. The van der Waals surface area contributed by atoms with Crippen molar-refractivity contribution in [3.8, 4) is 0 Å². The molecule has 0 saturated carbocycles. The van der Waals surface area contributed by atoms with Crippen molar-refractivity contribution >= 4 is 34.9 Å². The van der Waals surface area contributed by atoms with E-state index >= 15 is 0 Å². The summed E-state index contributed by atoms with van der Waals surface area (Å²) in [4.78, 5) is 16.6. The Bertz CT molecular complexity index is 558. The normalized spacial score (nSPS) is 16.4. The zero-order valence-corrected chi connectivity index (χ0v) is 13.0. The molecule has 21 heavy (non-hydrogen) atoms. The maximum Gasteiger partial charge on any atom is 0.344 e. The molecule has 1 saturated heterocycles. The number of benzene rings is 1. The van der Waals surface area contributed by atoms with Crippen molar-refractivity contribution in [2.45, 2.75) is 11.8 Å². The third-order valence-corrected chi connectivity index (χ3v) is 3.59. The molecule has 1 aromatic rings. The molecule has 2 rings (SSSR count). The van der Waals surface area contributed by atoms with Gasteiger partial charge in [0.2, 0.25) is 0 Å². The molecule has 0 unspecified atom stereocenters. The van der Waals surface area contributed by atoms with Crippen LogP contribution in [0.5, 0.6) is 0 Å². The Hall–Kier alpha value is -1.17. The van der Waals surface area contributed by atoms with Crippen LogP contribution in [0.15, 0.2) is 23.2 Å². The molecule has 0 atom stereocenters. The number of carbonyl (C=O) groups is 1. The Morgan fingerprint density at radius 2 is 2.05 bits per heavy atom. The fraction of sp³-hybridized carbons (Fsp3) is 0.429. The molecule has 4 nitrogen and oxygen atoms in total. The number of carbonyl (C=O) groups excluding carboxylic acids is 1. The average molecular weight is 333 g/mol. The molecule has 114 valence electrons. The number of rotatable bonds is 2. The van der Waals surface area contributed by atoms with Crippen molar-refractivity contribution in [3.63, 3.8) is 0 Å². The maximum atomic E-state index is 13.6. The average Bonchev–Trinajstić information content (AvgIpc) is 2.48. The smallest absolute Gasteiger partial charge is 0.344 e. The van der Waals surface area contributed by atoms with Gasteiger partial charge in [-0.15, -0.1) is 0 Å². The molecule has 1 aliphatic heterocycles. The van der Waals surface area contributed by atoms with E-state index in [9.17, 15) is 9.18 Å². The van der Waals surface area contributed by atoms with Crippen LogP contribution in [0, 0.1) is 12.7 Å². The lowest BCUT2D eigenvalue weighted by Gasteiger charge is -2.25. The van der Waals surface area contributed by atoms with Crippen molar-refractivity contribution in [2.24, 2.45) is 4.99 Å². The summed E-state index contributed by atoms with van der Waals surface area (Å²) in [6.07, 6.45) is 0. The predicted molar refractivity (Wildman–Crippen MR) is 81.0 cm³/mol. The SMILES string of the molecule is Cc1ccc(/C(=N/C(=O)N2CCOCC2)C(Cl)Cl)cc1F. The fourth-order valence-electron chi connectivity index (χ4n) is 1.92. The quantitative estimate of drug-likeness (QED) is 0.616. The van der Waals surface area contributed by atoms with Gasteiger partial charge in [0.05, 0.1) is 18.9 Å². The Balaban J connectivity index is 2.26. The first-order chi connectivity index (χ1) is 9.99. The van der Waals surface area contributed by atoms with Gasteiger partial charge in [-0.2, -0.15) is 4.99 Å². The third-order valence-electron chi connectivity index (χ3n) is 3.17. The summed E-state index contributed by atoms with van der Waals surface area (Å²) in [5, 5.41) is 0. The first-order valence-electron chi connectivity index (χ1n) is 6.49. The Morgan fingerprint density at radius 1 is 1.38 bits per heavy atom. The van der Waals surface area contributed by atoms with Crippen LogP contribution in [0.4, 0.5) is 9.18 Å². The highest BCUT2D eigenvalue weighted by molar-refractivity contribution is 6.56. The lowest BCUT2D eigenvalue weighted by Crippen LogP contribution is -2.39. The van der Waals surface area contributed by atoms with Crippen molar-refractivity contribution in [3.05, 3.63) is 35.1 Å². The van der Waals surface area contributed by atoms with Crippen LogP contribution < -0.4 is 0 Å². The number of aryl methyl sites for hydroxylation is 1. The van der Waals surface area contributed by atoms with Crippen molar-refractivity contribution in [1.29, 1.82) is 0 Å². The molecule has 7 heteroatoms. The minimum absolute atomic E-state index is 0.147. The van der Waals surface area contributed by atoms with Crippen molar-refractivity contribution < 1.29 is 13.9 Å². The van der Waals surface area contributed by atoms with Crippen LogP contribution in [0.3, 0.4) is 0 Å². The highest BCUT2D eigenvalue weighted by Crippen LogP contribution is 2.17. The Kier molecular flexibility index (Phi) is 5.56. The second-order valence-corrected chi connectivity index (χ2v) is 5.74. The van der Waals surface area contributed by atoms with E-state index in [1.807, 2.05) is 0 Å². The van der Waals surface area contributed by atoms with E-state index in [-0.39, 0.29) is 5.71 Å². The second-order valence-electron chi connectivity index (χ2n) is 4.64. The van der Waals surface area contributed by atoms with Crippen molar-refractivity contribution in [2.75, 3.05) is 26.3 Å². The summed E-state index contributed by atoms with van der Waals surface area (Å²) >= 11 is 11.7. The summed E-state index contributed by atoms with van der Waals surface area (Å²) in [5.41, 5.74) is 1.04. The van der Waals surface area contributed by atoms with Gasteiger partial charge < -0.3 is 9.64 Å². The molecule has 0 aliphatic carbocycles. The van der Waals surface area contributed by atoms with Crippen LogP contribution in [0.25, 0.3) is 0 Å². The minimum atomic E-state index is -1.02. The molecule has 0 radical (unpaired) electrons. The third kappa shape index (κ3) is 4.15. The lowest BCUT2D eigenvalue weighted by atomic mass is 10.1. The van der Waals surface area contributed by atoms with E-state index in [0.29, 0.717) is 37.4 Å². The van der Waals surface area contributed by atoms with E-state index in [1.165, 1.54) is 6.07 Å². The topological polar surface area (TPSA) is 41.9 Å². The summed E-state index contributed by atoms with van der Waals surface area (Å²) in [7, 11) is 0. The first-order valence-corrected chi connectivity index (χ1v) is 7.36. The monoisotopic (exact) mass is 332 g/mol. The molecule has 0 N–H and O–H groups in total. The molecule has 0 aromatic heterocycles. The van der Waals surface area contributed by atoms with Gasteiger partial charge in [-0.05, 0) is 18.6 Å². The van der Waals surface area contributed by atoms with Gasteiger partial charge in [-0.3, -0.25) is 0 Å². The highest BCUT2D eigenvalue weighted by Gasteiger charge is 2.20. The first kappa shape index (κ1) is 16.2. The summed E-state index contributed by atoms with van der Waals surface area (Å²) < 4.78 is 18.8. The lowest BCUT2D eigenvalue weighted by molar-refractivity contribution is 0.0555. The number of morpholine rings is 1. The van der Waals surface area contributed by atoms with Gasteiger partial charge in [0.1, 0.15) is 10.7 Å². The van der Waals surface area contributed by atoms with Crippen LogP contribution >= 0.6 is 23.2 Å². The molecular formula is C14H15Cl2FN2O2. The Morgan fingerprint density at radius 3 is 2.62 bits per heavy atom. The number of ether oxygens (including phenoxy) is 1. The molecule has 1 aromatic carbocycles. The molecule has 0 bridgehead atoms. The number of hydrogen-bond acceptors (Lipinski definition) is 2. The number of nitrogens with zero attached hydrogens (tertiary/aromatic N) is 2. The van der Waals surface area contributed by atoms with Crippen molar-refractivity contribution in [1.82, 2.24) is 4.90 Å². The Labute approximate surface area is 132 Å². The fourth-order valence-corrected chi connectivity index (χ4v) is 2.27. The zero-order chi connectivity index (χ0) is 15.4. The zero-order valence-electron chi connectivity index (χ0n) is 11.5. The van der Waals surface area contributed by atoms with E-state index in [2.05, 4.69) is 4.99 Å². The summed E-state index contributed by atoms with van der Waals surface area (Å²) in [6.45, 7) is 3.52. The van der Waals surface area contributed by atoms with Crippen LogP contribution in [-0.2, 0) is 4.74 Å². The number of urea groups is 1. The van der Waals surface area contributed by atoms with E-state index in [1.54, 1.807) is 24.0 Å². The van der Waals surface area contributed by atoms with E-state index < -0.39 is 16.7 Å². The number of alkyl halides is 2. The van der Waals surface area contributed by atoms with Gasteiger partial charge >= 0.3 is 6.03 Å². The maximum absolute atomic E-state index is 13.6. The molecule has 1 fully saturated rings. The van der Waals surface area contributed by atoms with Crippen LogP contribution in [0.1, 0.15) is 11.1 Å². The van der Waals surface area contributed by atoms with E-state index in [4.69, 9.17) is 27.9 Å². The highest BCUT2D eigenvalue weighted by atomic mass is 35.5. The molecule has 2 amide bonds. The molecule has 1 aliphatic rings. The second kappa shape index (κ2) is 7.20. The van der Waals surface area contributed by atoms with Gasteiger partial charge in [-0.1, -0.05) is 35.3 Å². The van der Waals surface area contributed by atoms with Crippen LogP contribution in [-0.4, -0.2) is 47.8 Å². The van der Waals surface area contributed by atoms with Gasteiger partial charge in [0.25, 0.3) is 0 Å². The van der Waals surface area contributed by atoms with Gasteiger partial charge in [0, 0.05) is 18.7 Å².